The number of ether oxygens (including phenoxy) is 1. The molecule has 0 atom stereocenters. The van der Waals surface area contributed by atoms with Crippen LogP contribution in [0, 0.1) is 5.82 Å². The third-order valence-corrected chi connectivity index (χ3v) is 7.45. The van der Waals surface area contributed by atoms with Gasteiger partial charge >= 0.3 is 0 Å². The average Bonchev–Trinajstić information content (AvgIpc) is 3.37. The monoisotopic (exact) mass is 597 g/mol. The van der Waals surface area contributed by atoms with Crippen molar-refractivity contribution in [1.82, 2.24) is 15.2 Å². The van der Waals surface area contributed by atoms with Crippen LogP contribution in [-0.2, 0) is 11.3 Å². The fourth-order valence-corrected chi connectivity index (χ4v) is 5.25. The van der Waals surface area contributed by atoms with Gasteiger partial charge in [-0.15, -0.1) is 0 Å². The van der Waals surface area contributed by atoms with Gasteiger partial charge in [0.25, 0.3) is 5.91 Å². The number of nitrogens with one attached hydrogen (secondary N) is 3. The number of carbonyl (C=O) groups is 2. The van der Waals surface area contributed by atoms with Crippen LogP contribution >= 0.6 is 23.2 Å². The van der Waals surface area contributed by atoms with Gasteiger partial charge in [-0.25, -0.2) is 4.39 Å². The summed E-state index contributed by atoms with van der Waals surface area (Å²) < 4.78 is 20.9. The first-order chi connectivity index (χ1) is 19.7. The van der Waals surface area contributed by atoms with Gasteiger partial charge in [-0.2, -0.15) is 0 Å². The van der Waals surface area contributed by atoms with E-state index in [1.54, 1.807) is 18.2 Å². The minimum atomic E-state index is -0.714. The van der Waals surface area contributed by atoms with E-state index in [1.165, 1.54) is 49.6 Å². The van der Waals surface area contributed by atoms with E-state index >= 15 is 4.39 Å². The maximum Gasteiger partial charge on any atom is 0.267 e. The molecule has 1 aromatic heterocycles. The summed E-state index contributed by atoms with van der Waals surface area (Å²) in [4.78, 5) is 30.7. The molecular weight excluding hydrogens is 568 g/mol. The molecule has 1 fully saturated rings. The Kier molecular flexibility index (Phi) is 8.97. The van der Waals surface area contributed by atoms with Crippen LogP contribution in [0.25, 0.3) is 10.9 Å². The van der Waals surface area contributed by atoms with Gasteiger partial charge in [0.15, 0.2) is 11.6 Å². The second-order valence-electron chi connectivity index (χ2n) is 10.0. The highest BCUT2D eigenvalue weighted by molar-refractivity contribution is 6.32. The first-order valence-electron chi connectivity index (χ1n) is 13.4. The van der Waals surface area contributed by atoms with Gasteiger partial charge in [0.1, 0.15) is 11.4 Å². The van der Waals surface area contributed by atoms with E-state index in [9.17, 15) is 9.59 Å². The fraction of sp³-hybridized carbons (Fsp3) is 0.267. The predicted octanol–water partition coefficient (Wildman–Crippen LogP) is 6.73. The van der Waals surface area contributed by atoms with Crippen molar-refractivity contribution in [2.75, 3.05) is 30.7 Å². The number of aromatic amines is 1. The second-order valence-corrected chi connectivity index (χ2v) is 10.9. The molecule has 0 spiro atoms. The van der Waals surface area contributed by atoms with Gasteiger partial charge in [0, 0.05) is 58.4 Å². The number of nitrogens with zero attached hydrogens (tertiary/aromatic N) is 1. The number of nitrogens with two attached hydrogens (primary N) is 1. The lowest BCUT2D eigenvalue weighted by atomic mass is 10.1. The summed E-state index contributed by atoms with van der Waals surface area (Å²) in [6.45, 7) is 2.74. The Hall–Kier alpha value is -3.79. The van der Waals surface area contributed by atoms with Crippen molar-refractivity contribution in [3.05, 3.63) is 81.7 Å². The molecule has 0 saturated carbocycles. The largest absolute Gasteiger partial charge is 0.453 e. The van der Waals surface area contributed by atoms with Crippen molar-refractivity contribution >= 4 is 57.3 Å². The van der Waals surface area contributed by atoms with Gasteiger partial charge in [0.05, 0.1) is 5.02 Å². The van der Waals surface area contributed by atoms with E-state index in [-0.39, 0.29) is 34.5 Å². The van der Waals surface area contributed by atoms with Crippen LogP contribution in [0.15, 0.2) is 54.6 Å². The number of amides is 2. The SMILES string of the molecule is Nc1cc(Cl)cc(Oc2c(Cl)ccc(CNC(=O)c3cc4cc(NC(=O)CCN5CCCCC5)ccc4[nH]3)c2F)c1. The van der Waals surface area contributed by atoms with Crippen LogP contribution in [0.2, 0.25) is 10.0 Å². The van der Waals surface area contributed by atoms with Crippen LogP contribution in [0.5, 0.6) is 11.5 Å². The Bertz CT molecular complexity index is 1570. The molecule has 0 bridgehead atoms. The number of hydrogen-bond donors (Lipinski definition) is 4. The number of nitrogen functional groups attached to an aromatic ring is 1. The molecule has 214 valence electrons. The maximum atomic E-state index is 15.3. The van der Waals surface area contributed by atoms with E-state index in [1.807, 2.05) is 6.07 Å². The molecule has 8 nitrogen and oxygen atoms in total. The molecule has 5 N–H and O–H groups in total. The average molecular weight is 599 g/mol. The summed E-state index contributed by atoms with van der Waals surface area (Å²) in [5, 5.41) is 6.81. The number of anilines is 2. The molecule has 0 unspecified atom stereocenters. The Morgan fingerprint density at radius 3 is 2.61 bits per heavy atom. The molecule has 4 aromatic rings. The number of piperidine rings is 1. The molecule has 11 heteroatoms. The third-order valence-electron chi connectivity index (χ3n) is 6.93. The van der Waals surface area contributed by atoms with Crippen molar-refractivity contribution in [1.29, 1.82) is 0 Å². The quantitative estimate of drug-likeness (QED) is 0.160. The molecule has 41 heavy (non-hydrogen) atoms. The van der Waals surface area contributed by atoms with Crippen molar-refractivity contribution < 1.29 is 18.7 Å². The predicted molar refractivity (Wildman–Crippen MR) is 160 cm³/mol. The Labute approximate surface area is 246 Å². The molecule has 1 aliphatic rings. The summed E-state index contributed by atoms with van der Waals surface area (Å²) in [5.74, 6) is -1.15. The van der Waals surface area contributed by atoms with Crippen molar-refractivity contribution in [2.24, 2.45) is 0 Å². The molecule has 3 aromatic carbocycles. The van der Waals surface area contributed by atoms with E-state index in [0.717, 1.165) is 30.5 Å². The van der Waals surface area contributed by atoms with Crippen LogP contribution in [0.3, 0.4) is 0 Å². The van der Waals surface area contributed by atoms with E-state index in [4.69, 9.17) is 33.7 Å². The highest BCUT2D eigenvalue weighted by atomic mass is 35.5. The normalized spacial score (nSPS) is 13.7. The standard InChI is InChI=1S/C30H30Cl2FN5O3/c31-20-14-21(34)16-23(15-20)41-29-24(32)6-4-18(28(29)33)17-35-30(40)26-13-19-12-22(5-7-25(19)37-26)36-27(39)8-11-38-9-2-1-3-10-38/h4-7,12-16,37H,1-3,8-11,17,34H2,(H,35,40)(H,36,39). The van der Waals surface area contributed by atoms with Crippen LogP contribution in [-0.4, -0.2) is 41.3 Å². The van der Waals surface area contributed by atoms with E-state index in [0.29, 0.717) is 28.5 Å². The number of likely N-dealkylation sites (tertiary alicyclic amines) is 1. The zero-order chi connectivity index (χ0) is 28.9. The van der Waals surface area contributed by atoms with E-state index < -0.39 is 11.7 Å². The summed E-state index contributed by atoms with van der Waals surface area (Å²) in [7, 11) is 0. The smallest absolute Gasteiger partial charge is 0.267 e. The number of halogens is 3. The molecule has 1 aliphatic heterocycles. The minimum absolute atomic E-state index is 0.0457. The second kappa shape index (κ2) is 12.8. The van der Waals surface area contributed by atoms with Gasteiger partial charge in [-0.05, 0) is 68.4 Å². The Morgan fingerprint density at radius 1 is 1.02 bits per heavy atom. The number of hydrogen-bond acceptors (Lipinski definition) is 5. The lowest BCUT2D eigenvalue weighted by molar-refractivity contribution is -0.116. The number of carbonyl (C=O) groups excluding carboxylic acids is 2. The van der Waals surface area contributed by atoms with Crippen molar-refractivity contribution in [3.63, 3.8) is 0 Å². The summed E-state index contributed by atoms with van der Waals surface area (Å²) >= 11 is 12.2. The maximum absolute atomic E-state index is 15.3. The molecule has 2 amide bonds. The molecule has 2 heterocycles. The summed E-state index contributed by atoms with van der Waals surface area (Å²) in [6.07, 6.45) is 4.06. The first kappa shape index (κ1) is 28.7. The lowest BCUT2D eigenvalue weighted by Gasteiger charge is -2.25. The number of aromatic nitrogens is 1. The van der Waals surface area contributed by atoms with Crippen molar-refractivity contribution in [3.8, 4) is 11.5 Å². The van der Waals surface area contributed by atoms with Crippen LogP contribution in [0.1, 0.15) is 41.7 Å². The molecule has 0 radical (unpaired) electrons. The molecular formula is C30H30Cl2FN5O3. The number of fused-ring (bicyclic) bond motifs is 1. The topological polar surface area (TPSA) is 112 Å². The number of H-pyrrole nitrogens is 1. The minimum Gasteiger partial charge on any atom is -0.453 e. The molecule has 1 saturated heterocycles. The Morgan fingerprint density at radius 2 is 1.83 bits per heavy atom. The van der Waals surface area contributed by atoms with Gasteiger partial charge < -0.3 is 31.0 Å². The molecule has 5 rings (SSSR count). The highest BCUT2D eigenvalue weighted by Gasteiger charge is 2.18. The number of benzene rings is 3. The first-order valence-corrected chi connectivity index (χ1v) is 14.1. The van der Waals surface area contributed by atoms with Gasteiger partial charge in [0.2, 0.25) is 5.91 Å². The van der Waals surface area contributed by atoms with Gasteiger partial charge in [-0.1, -0.05) is 35.7 Å². The Balaban J connectivity index is 1.21. The van der Waals surface area contributed by atoms with Crippen LogP contribution < -0.4 is 21.1 Å². The van der Waals surface area contributed by atoms with E-state index in [2.05, 4.69) is 20.5 Å². The lowest BCUT2D eigenvalue weighted by Crippen LogP contribution is -2.32. The third kappa shape index (κ3) is 7.30. The fourth-order valence-electron chi connectivity index (χ4n) is 4.83. The summed E-state index contributed by atoms with van der Waals surface area (Å²) in [5.41, 5.74) is 8.01. The molecule has 0 aliphatic carbocycles. The summed E-state index contributed by atoms with van der Waals surface area (Å²) in [6, 6.07) is 14.6. The zero-order valence-corrected chi connectivity index (χ0v) is 23.7. The van der Waals surface area contributed by atoms with Crippen LogP contribution in [0.4, 0.5) is 15.8 Å². The van der Waals surface area contributed by atoms with Gasteiger partial charge in [-0.3, -0.25) is 9.59 Å². The highest BCUT2D eigenvalue weighted by Crippen LogP contribution is 2.35. The van der Waals surface area contributed by atoms with Crippen molar-refractivity contribution in [2.45, 2.75) is 32.2 Å². The number of rotatable bonds is 9. The zero-order valence-electron chi connectivity index (χ0n) is 22.2.